The maximum Gasteiger partial charge on any atom is 0.171 e. The molecule has 1 aliphatic heterocycles. The van der Waals surface area contributed by atoms with Crippen LogP contribution in [-0.4, -0.2) is 50.8 Å². The molecule has 0 unspecified atom stereocenters. The van der Waals surface area contributed by atoms with Gasteiger partial charge in [-0.1, -0.05) is 46.1 Å². The van der Waals surface area contributed by atoms with Crippen molar-refractivity contribution in [2.24, 2.45) is 17.8 Å². The Morgan fingerprint density at radius 1 is 1.17 bits per heavy atom. The van der Waals surface area contributed by atoms with Crippen molar-refractivity contribution in [3.05, 3.63) is 0 Å². The van der Waals surface area contributed by atoms with Crippen LogP contribution in [-0.2, 0) is 0 Å². The standard InChI is InChI=1S/C19H38N2SSi/c1-15(2)12-18-14-20(10-4-5-11-23)19(22)21(18)13-17-8-6-16(3)7-9-17/h15-18H,4-14H2,1-3,23H3/t16?,17?,18-/m1/s1. The van der Waals surface area contributed by atoms with Crippen LogP contribution in [0, 0.1) is 17.8 Å². The van der Waals surface area contributed by atoms with Gasteiger partial charge in [-0.25, -0.2) is 0 Å². The summed E-state index contributed by atoms with van der Waals surface area (Å²) in [7, 11) is 1.34. The van der Waals surface area contributed by atoms with Crippen LogP contribution in [0.1, 0.15) is 65.7 Å². The molecule has 0 radical (unpaired) electrons. The third-order valence-corrected chi connectivity index (χ3v) is 6.95. The molecule has 0 amide bonds. The lowest BCUT2D eigenvalue weighted by Crippen LogP contribution is -2.40. The minimum absolute atomic E-state index is 0.665. The molecule has 2 fully saturated rings. The van der Waals surface area contributed by atoms with E-state index in [-0.39, 0.29) is 0 Å². The van der Waals surface area contributed by atoms with Crippen molar-refractivity contribution in [1.82, 2.24) is 9.80 Å². The molecule has 1 saturated heterocycles. The van der Waals surface area contributed by atoms with E-state index < -0.39 is 0 Å². The van der Waals surface area contributed by atoms with E-state index >= 15 is 0 Å². The van der Waals surface area contributed by atoms with Crippen LogP contribution in [0.3, 0.4) is 0 Å². The molecular formula is C19H38N2SSi. The average molecular weight is 355 g/mol. The van der Waals surface area contributed by atoms with Gasteiger partial charge in [0.1, 0.15) is 0 Å². The fraction of sp³-hybridized carbons (Fsp3) is 0.947. The van der Waals surface area contributed by atoms with E-state index in [1.807, 2.05) is 0 Å². The molecule has 1 saturated carbocycles. The zero-order chi connectivity index (χ0) is 16.8. The van der Waals surface area contributed by atoms with E-state index in [1.165, 1.54) is 86.0 Å². The van der Waals surface area contributed by atoms with E-state index in [4.69, 9.17) is 12.2 Å². The SMILES string of the molecule is CC(C)C[C@@H]1CN(CCCC[SiH3])C(=S)N1CC1CCC(C)CC1. The van der Waals surface area contributed by atoms with Gasteiger partial charge in [0, 0.05) is 35.9 Å². The second kappa shape index (κ2) is 9.41. The first-order chi connectivity index (χ1) is 11.0. The van der Waals surface area contributed by atoms with Gasteiger partial charge >= 0.3 is 0 Å². The Bertz CT molecular complexity index is 366. The smallest absolute Gasteiger partial charge is 0.171 e. The van der Waals surface area contributed by atoms with Crippen LogP contribution >= 0.6 is 12.2 Å². The van der Waals surface area contributed by atoms with Gasteiger partial charge < -0.3 is 9.80 Å². The van der Waals surface area contributed by atoms with Gasteiger partial charge in [-0.3, -0.25) is 0 Å². The monoisotopic (exact) mass is 354 g/mol. The first kappa shape index (κ1) is 19.2. The van der Waals surface area contributed by atoms with Crippen LogP contribution in [0.4, 0.5) is 0 Å². The van der Waals surface area contributed by atoms with Crippen molar-refractivity contribution in [2.45, 2.75) is 77.8 Å². The minimum atomic E-state index is 0.665. The largest absolute Gasteiger partial charge is 0.347 e. The van der Waals surface area contributed by atoms with Gasteiger partial charge in [0.15, 0.2) is 5.11 Å². The summed E-state index contributed by atoms with van der Waals surface area (Å²) in [5, 5.41) is 1.17. The summed E-state index contributed by atoms with van der Waals surface area (Å²) in [6.45, 7) is 10.7. The van der Waals surface area contributed by atoms with Crippen LogP contribution in [0.15, 0.2) is 0 Å². The fourth-order valence-electron chi connectivity index (χ4n) is 4.27. The number of thiocarbonyl (C=S) groups is 1. The Balaban J connectivity index is 1.93. The zero-order valence-corrected chi connectivity index (χ0v) is 18.7. The number of nitrogens with zero attached hydrogens (tertiary/aromatic N) is 2. The van der Waals surface area contributed by atoms with Gasteiger partial charge in [0.25, 0.3) is 0 Å². The summed E-state index contributed by atoms with van der Waals surface area (Å²) in [6, 6.07) is 2.10. The summed E-state index contributed by atoms with van der Waals surface area (Å²) in [5.74, 6) is 2.58. The van der Waals surface area contributed by atoms with E-state index in [0.717, 1.165) is 17.8 Å². The lowest BCUT2D eigenvalue weighted by atomic mass is 9.82. The molecule has 4 heteroatoms. The Hall–Kier alpha value is -0.0931. The second-order valence-corrected chi connectivity index (χ2v) is 9.86. The average Bonchev–Trinajstić information content (AvgIpc) is 2.78. The van der Waals surface area contributed by atoms with Crippen LogP contribution in [0.5, 0.6) is 0 Å². The van der Waals surface area contributed by atoms with Crippen molar-refractivity contribution in [3.63, 3.8) is 0 Å². The molecule has 0 bridgehead atoms. The third kappa shape index (κ3) is 5.74. The van der Waals surface area contributed by atoms with E-state index in [1.54, 1.807) is 0 Å². The lowest BCUT2D eigenvalue weighted by molar-refractivity contribution is 0.210. The Morgan fingerprint density at radius 2 is 1.87 bits per heavy atom. The predicted molar refractivity (Wildman–Crippen MR) is 109 cm³/mol. The van der Waals surface area contributed by atoms with Crippen LogP contribution in [0.25, 0.3) is 0 Å². The highest BCUT2D eigenvalue weighted by molar-refractivity contribution is 7.80. The summed E-state index contributed by atoms with van der Waals surface area (Å²) >= 11 is 5.89. The molecule has 0 spiro atoms. The zero-order valence-electron chi connectivity index (χ0n) is 15.9. The Kier molecular flexibility index (Phi) is 7.87. The van der Waals surface area contributed by atoms with Crippen molar-refractivity contribution in [3.8, 4) is 0 Å². The highest BCUT2D eigenvalue weighted by Crippen LogP contribution is 2.31. The molecule has 0 aromatic rings. The number of hydrogen-bond donors (Lipinski definition) is 0. The first-order valence-corrected chi connectivity index (χ1v) is 11.9. The molecule has 2 aliphatic rings. The Morgan fingerprint density at radius 3 is 2.48 bits per heavy atom. The van der Waals surface area contributed by atoms with Gasteiger partial charge in [-0.2, -0.15) is 0 Å². The minimum Gasteiger partial charge on any atom is -0.347 e. The quantitative estimate of drug-likeness (QED) is 0.373. The summed E-state index contributed by atoms with van der Waals surface area (Å²) in [6.07, 6.45) is 9.67. The first-order valence-electron chi connectivity index (χ1n) is 10.1. The molecule has 1 atom stereocenters. The molecular weight excluding hydrogens is 316 g/mol. The van der Waals surface area contributed by atoms with Gasteiger partial charge in [0.05, 0.1) is 0 Å². The fourth-order valence-corrected chi connectivity index (χ4v) is 5.16. The van der Waals surface area contributed by atoms with Crippen LogP contribution < -0.4 is 0 Å². The second-order valence-electron chi connectivity index (χ2n) is 8.50. The summed E-state index contributed by atoms with van der Waals surface area (Å²) in [4.78, 5) is 5.14. The van der Waals surface area contributed by atoms with E-state index in [9.17, 15) is 0 Å². The normalized spacial score (nSPS) is 29.0. The van der Waals surface area contributed by atoms with Gasteiger partial charge in [-0.15, -0.1) is 0 Å². The maximum atomic E-state index is 5.89. The molecule has 0 aromatic carbocycles. The molecule has 1 heterocycles. The molecule has 134 valence electrons. The molecule has 23 heavy (non-hydrogen) atoms. The third-order valence-electron chi connectivity index (χ3n) is 5.75. The topological polar surface area (TPSA) is 6.48 Å². The summed E-state index contributed by atoms with van der Waals surface area (Å²) < 4.78 is 0. The number of unbranched alkanes of at least 4 members (excludes halogenated alkanes) is 1. The van der Waals surface area contributed by atoms with Gasteiger partial charge in [-0.05, 0) is 55.7 Å². The molecule has 2 nitrogen and oxygen atoms in total. The maximum absolute atomic E-state index is 5.89. The molecule has 2 rings (SSSR count). The van der Waals surface area contributed by atoms with E-state index in [0.29, 0.717) is 6.04 Å². The summed E-state index contributed by atoms with van der Waals surface area (Å²) in [5.41, 5.74) is 0. The van der Waals surface area contributed by atoms with Crippen molar-refractivity contribution >= 4 is 27.6 Å². The van der Waals surface area contributed by atoms with Crippen molar-refractivity contribution in [2.75, 3.05) is 19.6 Å². The van der Waals surface area contributed by atoms with Crippen molar-refractivity contribution in [1.29, 1.82) is 0 Å². The highest BCUT2D eigenvalue weighted by atomic mass is 32.1. The van der Waals surface area contributed by atoms with E-state index in [2.05, 4.69) is 30.6 Å². The molecule has 1 aliphatic carbocycles. The molecule has 0 N–H and O–H groups in total. The van der Waals surface area contributed by atoms with Gasteiger partial charge in [0.2, 0.25) is 0 Å². The Labute approximate surface area is 152 Å². The van der Waals surface area contributed by atoms with Crippen molar-refractivity contribution < 1.29 is 0 Å². The highest BCUT2D eigenvalue weighted by Gasteiger charge is 2.35. The number of hydrogen-bond acceptors (Lipinski definition) is 1. The molecule has 0 aromatic heterocycles. The van der Waals surface area contributed by atoms with Crippen LogP contribution in [0.2, 0.25) is 6.04 Å². The lowest BCUT2D eigenvalue weighted by Gasteiger charge is -2.33. The predicted octanol–water partition coefficient (Wildman–Crippen LogP) is 3.69. The number of rotatable bonds is 8.